The maximum Gasteiger partial charge on any atom is 0.268 e. The van der Waals surface area contributed by atoms with Gasteiger partial charge in [-0.25, -0.2) is 4.39 Å². The van der Waals surface area contributed by atoms with Crippen molar-refractivity contribution in [1.82, 2.24) is 10.3 Å². The van der Waals surface area contributed by atoms with Crippen molar-refractivity contribution >= 4 is 28.4 Å². The summed E-state index contributed by atoms with van der Waals surface area (Å²) in [7, 11) is 1.52. The summed E-state index contributed by atoms with van der Waals surface area (Å²) in [4.78, 5) is 29.1. The topological polar surface area (TPSA) is 80.4 Å². The number of halogens is 2. The number of nitrogens with one attached hydrogen (secondary N) is 2. The lowest BCUT2D eigenvalue weighted by Crippen LogP contribution is -2.29. The van der Waals surface area contributed by atoms with Crippen LogP contribution >= 0.6 is 11.6 Å². The van der Waals surface area contributed by atoms with E-state index in [0.717, 1.165) is 6.42 Å². The van der Waals surface area contributed by atoms with Crippen molar-refractivity contribution in [2.24, 2.45) is 0 Å². The lowest BCUT2D eigenvalue weighted by molar-refractivity contribution is 0.0952. The van der Waals surface area contributed by atoms with Gasteiger partial charge in [0.25, 0.3) is 5.91 Å². The first-order valence-corrected chi connectivity index (χ1v) is 10.0. The number of rotatable bonds is 8. The molecule has 0 radical (unpaired) electrons. The van der Waals surface area contributed by atoms with Gasteiger partial charge >= 0.3 is 0 Å². The number of aromatic amines is 1. The van der Waals surface area contributed by atoms with Gasteiger partial charge in [-0.3, -0.25) is 9.59 Å². The predicted molar refractivity (Wildman–Crippen MR) is 115 cm³/mol. The van der Waals surface area contributed by atoms with Gasteiger partial charge in [0, 0.05) is 12.4 Å². The Bertz CT molecular complexity index is 1110. The number of fused-ring (bicyclic) bond motifs is 1. The maximum absolute atomic E-state index is 14.7. The van der Waals surface area contributed by atoms with E-state index in [2.05, 4.69) is 10.3 Å². The van der Waals surface area contributed by atoms with Crippen molar-refractivity contribution in [3.63, 3.8) is 0 Å². The van der Waals surface area contributed by atoms with E-state index in [0.29, 0.717) is 23.7 Å². The van der Waals surface area contributed by atoms with Gasteiger partial charge in [0.15, 0.2) is 0 Å². The summed E-state index contributed by atoms with van der Waals surface area (Å²) in [6, 6.07) is 9.24. The zero-order valence-corrected chi connectivity index (χ0v) is 17.4. The lowest BCUT2D eigenvalue weighted by atomic mass is 9.99. The molecule has 1 heterocycles. The van der Waals surface area contributed by atoms with Gasteiger partial charge in [-0.1, -0.05) is 19.1 Å². The smallest absolute Gasteiger partial charge is 0.268 e. The minimum atomic E-state index is -0.697. The van der Waals surface area contributed by atoms with E-state index in [4.69, 9.17) is 21.1 Å². The normalized spacial score (nSPS) is 10.8. The van der Waals surface area contributed by atoms with Gasteiger partial charge in [0.1, 0.15) is 23.0 Å². The molecule has 3 aromatic rings. The van der Waals surface area contributed by atoms with Crippen LogP contribution in [-0.4, -0.2) is 37.0 Å². The summed E-state index contributed by atoms with van der Waals surface area (Å²) in [5.74, 6) is -0.117. The molecule has 0 aliphatic heterocycles. The van der Waals surface area contributed by atoms with Crippen molar-refractivity contribution in [2.45, 2.75) is 13.3 Å². The summed E-state index contributed by atoms with van der Waals surface area (Å²) in [5.41, 5.74) is 0.0545. The Morgan fingerprint density at radius 1 is 1.20 bits per heavy atom. The van der Waals surface area contributed by atoms with E-state index in [1.807, 2.05) is 6.92 Å². The second-order valence-corrected chi connectivity index (χ2v) is 6.90. The zero-order valence-electron chi connectivity index (χ0n) is 16.7. The quantitative estimate of drug-likeness (QED) is 0.525. The summed E-state index contributed by atoms with van der Waals surface area (Å²) >= 11 is 5.68. The molecule has 0 spiro atoms. The van der Waals surface area contributed by atoms with E-state index < -0.39 is 17.2 Å². The zero-order chi connectivity index (χ0) is 21.7. The van der Waals surface area contributed by atoms with Crippen LogP contribution in [0.4, 0.5) is 4.39 Å². The maximum atomic E-state index is 14.7. The molecule has 0 unspecified atom stereocenters. The van der Waals surface area contributed by atoms with Crippen LogP contribution in [0.25, 0.3) is 22.0 Å². The third kappa shape index (κ3) is 4.26. The van der Waals surface area contributed by atoms with Crippen LogP contribution in [0.3, 0.4) is 0 Å². The highest BCUT2D eigenvalue weighted by Gasteiger charge is 2.23. The van der Waals surface area contributed by atoms with Crippen molar-refractivity contribution in [1.29, 1.82) is 0 Å². The minimum absolute atomic E-state index is 0.00901. The average Bonchev–Trinajstić information content (AvgIpc) is 2.76. The molecule has 3 rings (SSSR count). The number of hydrogen-bond donors (Lipinski definition) is 2. The number of amides is 1. The average molecular weight is 433 g/mol. The Labute approximate surface area is 178 Å². The molecule has 1 aromatic heterocycles. The molecular weight excluding hydrogens is 411 g/mol. The molecule has 8 heteroatoms. The van der Waals surface area contributed by atoms with E-state index in [-0.39, 0.29) is 34.6 Å². The number of methoxy groups -OCH3 is 1. The summed E-state index contributed by atoms with van der Waals surface area (Å²) in [6.45, 7) is 2.53. The number of H-pyrrole nitrogens is 1. The number of ether oxygens (including phenoxy) is 2. The highest BCUT2D eigenvalue weighted by molar-refractivity contribution is 6.18. The van der Waals surface area contributed by atoms with E-state index in [1.165, 1.54) is 19.2 Å². The van der Waals surface area contributed by atoms with Gasteiger partial charge < -0.3 is 19.8 Å². The Morgan fingerprint density at radius 3 is 2.57 bits per heavy atom. The van der Waals surface area contributed by atoms with Crippen molar-refractivity contribution in [2.75, 3.05) is 26.1 Å². The summed E-state index contributed by atoms with van der Waals surface area (Å²) in [6.07, 6.45) is 0.732. The van der Waals surface area contributed by atoms with Gasteiger partial charge in [0.05, 0.1) is 30.2 Å². The van der Waals surface area contributed by atoms with E-state index in [9.17, 15) is 14.0 Å². The Kier molecular flexibility index (Phi) is 6.95. The molecule has 0 aliphatic carbocycles. The van der Waals surface area contributed by atoms with Gasteiger partial charge in [-0.2, -0.15) is 0 Å². The van der Waals surface area contributed by atoms with Gasteiger partial charge in [-0.15, -0.1) is 11.6 Å². The molecule has 0 atom stereocenters. The molecule has 158 valence electrons. The Hall–Kier alpha value is -3.06. The van der Waals surface area contributed by atoms with Crippen LogP contribution in [0.15, 0.2) is 41.2 Å². The van der Waals surface area contributed by atoms with Crippen LogP contribution < -0.4 is 20.2 Å². The highest BCUT2D eigenvalue weighted by atomic mass is 35.5. The largest absolute Gasteiger partial charge is 0.497 e. The van der Waals surface area contributed by atoms with Crippen molar-refractivity contribution in [3.8, 4) is 22.6 Å². The number of pyridine rings is 1. The molecule has 1 amide bonds. The Balaban J connectivity index is 2.31. The molecule has 2 aromatic carbocycles. The standard InChI is InChI=1S/C22H22ClFN2O4/c1-3-12-30-16-9-8-15(24)18-19(16)26-20(22(28)25-11-10-23)17(21(18)27)13-4-6-14(29-2)7-5-13/h4-9H,3,10-12H2,1-2H3,(H,25,28)(H,26,27). The molecule has 6 nitrogen and oxygen atoms in total. The number of carbonyl (C=O) groups is 1. The number of benzene rings is 2. The molecule has 0 fully saturated rings. The Morgan fingerprint density at radius 2 is 1.93 bits per heavy atom. The van der Waals surface area contributed by atoms with E-state index in [1.54, 1.807) is 24.3 Å². The van der Waals surface area contributed by atoms with Crippen LogP contribution in [0.2, 0.25) is 0 Å². The highest BCUT2D eigenvalue weighted by Crippen LogP contribution is 2.29. The lowest BCUT2D eigenvalue weighted by Gasteiger charge is -2.15. The SMILES string of the molecule is CCCOc1ccc(F)c2c(=O)c(-c3ccc(OC)cc3)c(C(=O)NCCCl)[nH]c12. The van der Waals surface area contributed by atoms with E-state index >= 15 is 0 Å². The predicted octanol–water partition coefficient (Wildman–Crippen LogP) is 4.10. The van der Waals surface area contributed by atoms with Crippen molar-refractivity contribution in [3.05, 3.63) is 58.1 Å². The molecule has 30 heavy (non-hydrogen) atoms. The molecule has 0 saturated heterocycles. The molecular formula is C22H22ClFN2O4. The molecule has 2 N–H and O–H groups in total. The number of alkyl halides is 1. The van der Waals surface area contributed by atoms with Crippen LogP contribution in [-0.2, 0) is 0 Å². The first kappa shape index (κ1) is 21.6. The second kappa shape index (κ2) is 9.63. The fraction of sp³-hybridized carbons (Fsp3) is 0.273. The molecule has 0 aliphatic rings. The molecule has 0 bridgehead atoms. The number of hydrogen-bond acceptors (Lipinski definition) is 4. The third-order valence-electron chi connectivity index (χ3n) is 4.52. The summed E-state index contributed by atoms with van der Waals surface area (Å²) < 4.78 is 25.5. The second-order valence-electron chi connectivity index (χ2n) is 6.52. The first-order chi connectivity index (χ1) is 14.5. The summed E-state index contributed by atoms with van der Waals surface area (Å²) in [5, 5.41) is 2.49. The van der Waals surface area contributed by atoms with Crippen LogP contribution in [0.1, 0.15) is 23.8 Å². The fourth-order valence-corrected chi connectivity index (χ4v) is 3.21. The number of carbonyl (C=O) groups excluding carboxylic acids is 1. The van der Waals surface area contributed by atoms with Crippen LogP contribution in [0, 0.1) is 5.82 Å². The minimum Gasteiger partial charge on any atom is -0.497 e. The first-order valence-electron chi connectivity index (χ1n) is 9.51. The number of aromatic nitrogens is 1. The van der Waals surface area contributed by atoms with Gasteiger partial charge in [0.2, 0.25) is 5.43 Å². The van der Waals surface area contributed by atoms with Crippen molar-refractivity contribution < 1.29 is 18.7 Å². The van der Waals surface area contributed by atoms with Crippen LogP contribution in [0.5, 0.6) is 11.5 Å². The third-order valence-corrected chi connectivity index (χ3v) is 4.71. The monoisotopic (exact) mass is 432 g/mol. The van der Waals surface area contributed by atoms with Gasteiger partial charge in [-0.05, 0) is 36.2 Å². The molecule has 0 saturated carbocycles. The fourth-order valence-electron chi connectivity index (χ4n) is 3.12.